The predicted molar refractivity (Wildman–Crippen MR) is 124 cm³/mol. The number of halogens is 1. The van der Waals surface area contributed by atoms with Crippen LogP contribution in [0, 0.1) is 0 Å². The maximum Gasteiger partial charge on any atom is 0.228 e. The maximum absolute atomic E-state index is 13.1. The highest BCUT2D eigenvalue weighted by Gasteiger charge is 2.26. The third-order valence-corrected chi connectivity index (χ3v) is 8.33. The van der Waals surface area contributed by atoms with E-state index >= 15 is 0 Å². The Labute approximate surface area is 190 Å². The molecule has 1 atom stereocenters. The second kappa shape index (κ2) is 9.65. The van der Waals surface area contributed by atoms with E-state index in [1.165, 1.54) is 23.5 Å². The van der Waals surface area contributed by atoms with Gasteiger partial charge in [-0.15, -0.1) is 0 Å². The number of thiazole rings is 1. The van der Waals surface area contributed by atoms with Gasteiger partial charge in [-0.1, -0.05) is 35.1 Å². The van der Waals surface area contributed by atoms with Gasteiger partial charge in [0.05, 0.1) is 33.5 Å². The van der Waals surface area contributed by atoms with E-state index in [4.69, 9.17) is 16.3 Å². The number of carbonyl (C=O) groups is 1. The summed E-state index contributed by atoms with van der Waals surface area (Å²) in [5.74, 6) is -0.241. The number of amides is 1. The molecule has 3 aromatic rings. The Bertz CT molecular complexity index is 1120. The molecule has 2 heterocycles. The summed E-state index contributed by atoms with van der Waals surface area (Å²) < 4.78 is 31.9. The van der Waals surface area contributed by atoms with Gasteiger partial charge in [0, 0.05) is 18.1 Å². The molecule has 0 bridgehead atoms. The number of hydrogen-bond donors (Lipinski definition) is 0. The molecule has 1 unspecified atom stereocenters. The molecule has 164 valence electrons. The highest BCUT2D eigenvalue weighted by atomic mass is 35.5. The van der Waals surface area contributed by atoms with Crippen molar-refractivity contribution in [3.8, 4) is 0 Å². The lowest BCUT2D eigenvalue weighted by Gasteiger charge is -2.23. The first kappa shape index (κ1) is 22.2. The Hall–Kier alpha value is -2.00. The first-order valence-electron chi connectivity index (χ1n) is 10.2. The summed E-state index contributed by atoms with van der Waals surface area (Å²) >= 11 is 7.30. The van der Waals surface area contributed by atoms with Crippen molar-refractivity contribution in [2.45, 2.75) is 36.7 Å². The van der Waals surface area contributed by atoms with E-state index in [0.717, 1.165) is 23.1 Å². The smallest absolute Gasteiger partial charge is 0.228 e. The molecule has 1 aliphatic heterocycles. The molecule has 0 N–H and O–H groups in total. The van der Waals surface area contributed by atoms with Crippen LogP contribution in [0.5, 0.6) is 0 Å². The van der Waals surface area contributed by atoms with E-state index in [0.29, 0.717) is 23.3 Å². The average molecular weight is 479 g/mol. The Kier molecular flexibility index (Phi) is 6.91. The number of nitrogens with zero attached hydrogens (tertiary/aromatic N) is 2. The quantitative estimate of drug-likeness (QED) is 0.468. The van der Waals surface area contributed by atoms with Crippen molar-refractivity contribution >= 4 is 54.0 Å². The summed E-state index contributed by atoms with van der Waals surface area (Å²) in [4.78, 5) is 19.6. The Morgan fingerprint density at radius 1 is 1.19 bits per heavy atom. The van der Waals surface area contributed by atoms with Crippen LogP contribution in [0.3, 0.4) is 0 Å². The average Bonchev–Trinajstić information content (AvgIpc) is 3.41. The highest BCUT2D eigenvalue weighted by molar-refractivity contribution is 7.91. The van der Waals surface area contributed by atoms with Crippen molar-refractivity contribution in [1.29, 1.82) is 0 Å². The first-order valence-corrected chi connectivity index (χ1v) is 13.0. The zero-order valence-electron chi connectivity index (χ0n) is 16.9. The van der Waals surface area contributed by atoms with Crippen molar-refractivity contribution in [3.63, 3.8) is 0 Å². The molecule has 6 nitrogen and oxygen atoms in total. The number of ether oxygens (including phenoxy) is 1. The third-order valence-electron chi connectivity index (χ3n) is 5.20. The minimum atomic E-state index is -3.47. The fourth-order valence-corrected chi connectivity index (χ4v) is 5.99. The minimum absolute atomic E-state index is 0.0197. The number of benzene rings is 2. The summed E-state index contributed by atoms with van der Waals surface area (Å²) in [5.41, 5.74) is 0.845. The molecule has 0 radical (unpaired) electrons. The van der Waals surface area contributed by atoms with Gasteiger partial charge in [-0.05, 0) is 55.7 Å². The molecule has 31 heavy (non-hydrogen) atoms. The Morgan fingerprint density at radius 2 is 1.97 bits per heavy atom. The molecule has 0 spiro atoms. The third kappa shape index (κ3) is 5.44. The molecular formula is C22H23ClN2O4S2. The van der Waals surface area contributed by atoms with Crippen LogP contribution in [0.1, 0.15) is 25.7 Å². The van der Waals surface area contributed by atoms with Crippen molar-refractivity contribution in [1.82, 2.24) is 4.98 Å². The molecule has 1 aliphatic rings. The van der Waals surface area contributed by atoms with E-state index in [-0.39, 0.29) is 35.5 Å². The largest absolute Gasteiger partial charge is 0.376 e. The topological polar surface area (TPSA) is 76.6 Å². The number of para-hydroxylation sites is 1. The van der Waals surface area contributed by atoms with Gasteiger partial charge in [0.1, 0.15) is 0 Å². The van der Waals surface area contributed by atoms with E-state index < -0.39 is 9.84 Å². The van der Waals surface area contributed by atoms with Gasteiger partial charge >= 0.3 is 0 Å². The fourth-order valence-electron chi connectivity index (χ4n) is 3.56. The lowest BCUT2D eigenvalue weighted by atomic mass is 10.2. The zero-order chi connectivity index (χ0) is 21.8. The van der Waals surface area contributed by atoms with Crippen LogP contribution in [0.25, 0.3) is 10.2 Å². The van der Waals surface area contributed by atoms with Crippen LogP contribution in [0.15, 0.2) is 53.4 Å². The van der Waals surface area contributed by atoms with E-state index in [1.54, 1.807) is 17.0 Å². The van der Waals surface area contributed by atoms with Crippen LogP contribution < -0.4 is 4.90 Å². The maximum atomic E-state index is 13.1. The summed E-state index contributed by atoms with van der Waals surface area (Å²) in [6.45, 7) is 1.13. The molecular weight excluding hydrogens is 456 g/mol. The number of aromatic nitrogens is 1. The first-order chi connectivity index (χ1) is 14.9. The lowest BCUT2D eigenvalue weighted by molar-refractivity contribution is -0.119. The predicted octanol–water partition coefficient (Wildman–Crippen LogP) is 4.72. The Balaban J connectivity index is 1.45. The second-order valence-electron chi connectivity index (χ2n) is 7.48. The fraction of sp³-hybridized carbons (Fsp3) is 0.364. The van der Waals surface area contributed by atoms with E-state index in [2.05, 4.69) is 4.98 Å². The van der Waals surface area contributed by atoms with Gasteiger partial charge < -0.3 is 4.74 Å². The second-order valence-corrected chi connectivity index (χ2v) is 11.0. The van der Waals surface area contributed by atoms with Crippen molar-refractivity contribution in [2.75, 3.05) is 23.8 Å². The lowest BCUT2D eigenvalue weighted by Crippen LogP contribution is -2.37. The van der Waals surface area contributed by atoms with Crippen LogP contribution in [-0.4, -0.2) is 44.3 Å². The molecule has 1 fully saturated rings. The number of hydrogen-bond acceptors (Lipinski definition) is 6. The highest BCUT2D eigenvalue weighted by Crippen LogP contribution is 2.30. The molecule has 1 aromatic heterocycles. The molecule has 2 aromatic carbocycles. The summed E-state index contributed by atoms with van der Waals surface area (Å²) in [6.07, 6.45) is 2.21. The molecule has 1 amide bonds. The normalized spacial score (nSPS) is 16.6. The summed E-state index contributed by atoms with van der Waals surface area (Å²) in [5, 5.41) is 1.11. The van der Waals surface area contributed by atoms with E-state index in [9.17, 15) is 13.2 Å². The summed E-state index contributed by atoms with van der Waals surface area (Å²) in [7, 11) is -3.47. The zero-order valence-corrected chi connectivity index (χ0v) is 19.3. The van der Waals surface area contributed by atoms with Gasteiger partial charge in [0.15, 0.2) is 15.0 Å². The van der Waals surface area contributed by atoms with Gasteiger partial charge in [-0.3, -0.25) is 9.69 Å². The van der Waals surface area contributed by atoms with Crippen LogP contribution in [-0.2, 0) is 19.4 Å². The Morgan fingerprint density at radius 3 is 2.68 bits per heavy atom. The molecule has 1 saturated heterocycles. The van der Waals surface area contributed by atoms with Crippen LogP contribution in [0.2, 0.25) is 5.02 Å². The van der Waals surface area contributed by atoms with Gasteiger partial charge in [0.25, 0.3) is 0 Å². The van der Waals surface area contributed by atoms with Gasteiger partial charge in [-0.25, -0.2) is 13.4 Å². The number of carbonyl (C=O) groups excluding carboxylic acids is 1. The summed E-state index contributed by atoms with van der Waals surface area (Å²) in [6, 6.07) is 13.8. The number of rotatable bonds is 8. The van der Waals surface area contributed by atoms with Crippen LogP contribution >= 0.6 is 22.9 Å². The van der Waals surface area contributed by atoms with Gasteiger partial charge in [0.2, 0.25) is 5.91 Å². The number of fused-ring (bicyclic) bond motifs is 1. The SMILES string of the molecule is O=C(CCCS(=O)(=O)c1ccc(Cl)cc1)N(CC1CCCO1)c1nc2ccccc2s1. The standard InChI is InChI=1S/C22H23ClN2O4S2/c23-16-9-11-18(12-10-16)31(27,28)14-4-8-21(26)25(15-17-5-3-13-29-17)22-24-19-6-1-2-7-20(19)30-22/h1-2,6-7,9-12,17H,3-5,8,13-15H2. The molecule has 0 aliphatic carbocycles. The minimum Gasteiger partial charge on any atom is -0.376 e. The molecule has 0 saturated carbocycles. The number of sulfone groups is 1. The molecule has 4 rings (SSSR count). The van der Waals surface area contributed by atoms with Crippen molar-refractivity contribution in [3.05, 3.63) is 53.6 Å². The van der Waals surface area contributed by atoms with Gasteiger partial charge in [-0.2, -0.15) is 0 Å². The number of anilines is 1. The van der Waals surface area contributed by atoms with Crippen molar-refractivity contribution in [2.24, 2.45) is 0 Å². The van der Waals surface area contributed by atoms with E-state index in [1.807, 2.05) is 24.3 Å². The van der Waals surface area contributed by atoms with Crippen molar-refractivity contribution < 1.29 is 17.9 Å². The van der Waals surface area contributed by atoms with Crippen LogP contribution in [0.4, 0.5) is 5.13 Å². The molecule has 9 heteroatoms. The monoisotopic (exact) mass is 478 g/mol.